The van der Waals surface area contributed by atoms with E-state index in [1.165, 1.54) is 0 Å². The van der Waals surface area contributed by atoms with E-state index in [2.05, 4.69) is 12.3 Å². The zero-order valence-corrected chi connectivity index (χ0v) is 9.24. The Morgan fingerprint density at radius 2 is 1.57 bits per heavy atom. The molecule has 0 spiro atoms. The summed E-state index contributed by atoms with van der Waals surface area (Å²) in [7, 11) is 0. The lowest BCUT2D eigenvalue weighted by molar-refractivity contribution is -0.0831. The molecular formula is C9H23N3O2. The molecule has 0 rings (SSSR count). The highest BCUT2D eigenvalue weighted by Gasteiger charge is 2.11. The molecule has 0 aliphatic rings. The van der Waals surface area contributed by atoms with Gasteiger partial charge in [-0.25, -0.2) is 10.4 Å². The van der Waals surface area contributed by atoms with Crippen molar-refractivity contribution in [2.24, 2.45) is 0 Å². The minimum absolute atomic E-state index is 0.103. The zero-order valence-electron chi connectivity index (χ0n) is 9.24. The highest BCUT2D eigenvalue weighted by molar-refractivity contribution is 4.53. The first kappa shape index (κ1) is 13.8. The van der Waals surface area contributed by atoms with Crippen molar-refractivity contribution in [3.63, 3.8) is 0 Å². The third-order valence-electron chi connectivity index (χ3n) is 1.83. The van der Waals surface area contributed by atoms with Gasteiger partial charge >= 0.3 is 0 Å². The van der Waals surface area contributed by atoms with Gasteiger partial charge in [-0.3, -0.25) is 0 Å². The zero-order chi connectivity index (χ0) is 10.8. The maximum absolute atomic E-state index is 8.87. The van der Waals surface area contributed by atoms with E-state index in [-0.39, 0.29) is 13.2 Å². The van der Waals surface area contributed by atoms with Gasteiger partial charge in [-0.05, 0) is 6.42 Å². The van der Waals surface area contributed by atoms with Crippen LogP contribution in [-0.2, 0) is 0 Å². The molecule has 0 aliphatic heterocycles. The van der Waals surface area contributed by atoms with Crippen LogP contribution in [0.3, 0.4) is 0 Å². The predicted molar refractivity (Wildman–Crippen MR) is 56.4 cm³/mol. The van der Waals surface area contributed by atoms with Gasteiger partial charge in [-0.1, -0.05) is 13.8 Å². The molecule has 0 bridgehead atoms. The molecule has 0 unspecified atom stereocenters. The first-order valence-corrected chi connectivity index (χ1v) is 5.27. The number of aliphatic hydroxyl groups is 2. The Kier molecular flexibility index (Phi) is 9.23. The number of hydrazine groups is 2. The van der Waals surface area contributed by atoms with Crippen LogP contribution in [0.25, 0.3) is 0 Å². The molecule has 0 amide bonds. The van der Waals surface area contributed by atoms with Gasteiger partial charge in [0.1, 0.15) is 0 Å². The molecule has 0 saturated carbocycles. The van der Waals surface area contributed by atoms with Crippen molar-refractivity contribution in [1.29, 1.82) is 0 Å². The van der Waals surface area contributed by atoms with Gasteiger partial charge in [0.15, 0.2) is 0 Å². The summed E-state index contributed by atoms with van der Waals surface area (Å²) in [6, 6.07) is 0. The van der Waals surface area contributed by atoms with Crippen LogP contribution in [0.1, 0.15) is 20.3 Å². The third kappa shape index (κ3) is 5.51. The fraction of sp³-hybridized carbons (Fsp3) is 1.00. The highest BCUT2D eigenvalue weighted by atomic mass is 16.3. The number of aliphatic hydroxyl groups excluding tert-OH is 2. The van der Waals surface area contributed by atoms with E-state index in [4.69, 9.17) is 10.2 Å². The van der Waals surface area contributed by atoms with Crippen LogP contribution in [-0.4, -0.2) is 59.7 Å². The van der Waals surface area contributed by atoms with Crippen LogP contribution in [0, 0.1) is 0 Å². The summed E-state index contributed by atoms with van der Waals surface area (Å²) in [6.07, 6.45) is 1.03. The average molecular weight is 205 g/mol. The van der Waals surface area contributed by atoms with E-state index in [0.717, 1.165) is 19.5 Å². The first-order valence-electron chi connectivity index (χ1n) is 5.27. The Hall–Kier alpha value is -0.200. The maximum atomic E-state index is 8.87. The van der Waals surface area contributed by atoms with E-state index in [1.54, 1.807) is 0 Å². The molecule has 0 saturated heterocycles. The Morgan fingerprint density at radius 3 is 1.93 bits per heavy atom. The van der Waals surface area contributed by atoms with Crippen molar-refractivity contribution in [3.8, 4) is 0 Å². The van der Waals surface area contributed by atoms with E-state index in [0.29, 0.717) is 13.1 Å². The van der Waals surface area contributed by atoms with Crippen LogP contribution in [0.15, 0.2) is 0 Å². The van der Waals surface area contributed by atoms with Gasteiger partial charge < -0.3 is 10.2 Å². The fourth-order valence-corrected chi connectivity index (χ4v) is 1.30. The summed E-state index contributed by atoms with van der Waals surface area (Å²) in [5.41, 5.74) is 3.19. The number of rotatable bonds is 9. The van der Waals surface area contributed by atoms with Crippen molar-refractivity contribution in [1.82, 2.24) is 15.6 Å². The molecule has 0 aromatic heterocycles. The summed E-state index contributed by atoms with van der Waals surface area (Å²) in [5, 5.41) is 21.6. The predicted octanol–water partition coefficient (Wildman–Crippen LogP) is -0.575. The smallest absolute Gasteiger partial charge is 0.0573 e. The normalized spacial score (nSPS) is 11.6. The van der Waals surface area contributed by atoms with Crippen molar-refractivity contribution in [3.05, 3.63) is 0 Å². The second-order valence-electron chi connectivity index (χ2n) is 3.04. The lowest BCUT2D eigenvalue weighted by Gasteiger charge is -2.34. The van der Waals surface area contributed by atoms with Crippen molar-refractivity contribution in [2.45, 2.75) is 20.3 Å². The molecule has 0 aromatic rings. The second kappa shape index (κ2) is 9.36. The summed E-state index contributed by atoms with van der Waals surface area (Å²) >= 11 is 0. The van der Waals surface area contributed by atoms with E-state index >= 15 is 0 Å². The molecule has 5 nitrogen and oxygen atoms in total. The van der Waals surface area contributed by atoms with Crippen LogP contribution < -0.4 is 5.43 Å². The topological polar surface area (TPSA) is 59.0 Å². The number of nitrogens with one attached hydrogen (secondary N) is 1. The van der Waals surface area contributed by atoms with Crippen LogP contribution in [0.4, 0.5) is 0 Å². The quantitative estimate of drug-likeness (QED) is 0.440. The molecule has 0 fully saturated rings. The molecule has 0 aliphatic carbocycles. The van der Waals surface area contributed by atoms with Gasteiger partial charge in [0.05, 0.1) is 13.2 Å². The van der Waals surface area contributed by atoms with Gasteiger partial charge in [-0.15, -0.1) is 0 Å². The van der Waals surface area contributed by atoms with Crippen molar-refractivity contribution >= 4 is 0 Å². The Morgan fingerprint density at radius 1 is 1.00 bits per heavy atom. The van der Waals surface area contributed by atoms with Crippen molar-refractivity contribution in [2.75, 3.05) is 39.4 Å². The van der Waals surface area contributed by atoms with Crippen molar-refractivity contribution < 1.29 is 10.2 Å². The monoisotopic (exact) mass is 205 g/mol. The maximum Gasteiger partial charge on any atom is 0.0573 e. The van der Waals surface area contributed by atoms with Gasteiger partial charge in [0.25, 0.3) is 0 Å². The van der Waals surface area contributed by atoms with Crippen LogP contribution in [0.5, 0.6) is 0 Å². The standard InChI is InChI=1S/C9H23N3O2/c1-3-5-12(10-4-2)11(6-8-13)7-9-14/h10,13-14H,3-9H2,1-2H3. The van der Waals surface area contributed by atoms with E-state index in [1.807, 2.05) is 17.1 Å². The summed E-state index contributed by atoms with van der Waals surface area (Å²) in [4.78, 5) is 0. The van der Waals surface area contributed by atoms with Crippen LogP contribution >= 0.6 is 0 Å². The molecule has 0 atom stereocenters. The fourth-order valence-electron chi connectivity index (χ4n) is 1.30. The molecule has 0 aromatic carbocycles. The molecular weight excluding hydrogens is 182 g/mol. The average Bonchev–Trinajstić information content (AvgIpc) is 2.17. The van der Waals surface area contributed by atoms with Gasteiger partial charge in [0, 0.05) is 26.2 Å². The summed E-state index contributed by atoms with van der Waals surface area (Å²) in [6.45, 7) is 7.15. The molecule has 0 radical (unpaired) electrons. The van der Waals surface area contributed by atoms with E-state index < -0.39 is 0 Å². The third-order valence-corrected chi connectivity index (χ3v) is 1.83. The minimum Gasteiger partial charge on any atom is -0.395 e. The molecule has 86 valence electrons. The summed E-state index contributed by atoms with van der Waals surface area (Å²) < 4.78 is 0. The number of hydrogen-bond donors (Lipinski definition) is 3. The lowest BCUT2D eigenvalue weighted by Crippen LogP contribution is -2.53. The Labute approximate surface area is 86.3 Å². The molecule has 0 heterocycles. The summed E-state index contributed by atoms with van der Waals surface area (Å²) in [5.74, 6) is 0. The number of nitrogens with zero attached hydrogens (tertiary/aromatic N) is 2. The van der Waals surface area contributed by atoms with Gasteiger partial charge in [-0.2, -0.15) is 5.12 Å². The Balaban J connectivity index is 4.06. The van der Waals surface area contributed by atoms with Crippen LogP contribution in [0.2, 0.25) is 0 Å². The van der Waals surface area contributed by atoms with E-state index in [9.17, 15) is 0 Å². The molecule has 14 heavy (non-hydrogen) atoms. The Bertz CT molecular complexity index is 98.6. The molecule has 3 N–H and O–H groups in total. The first-order chi connectivity index (χ1) is 6.79. The lowest BCUT2D eigenvalue weighted by atomic mass is 10.5. The highest BCUT2D eigenvalue weighted by Crippen LogP contribution is 1.95. The van der Waals surface area contributed by atoms with Gasteiger partial charge in [0.2, 0.25) is 0 Å². The SMILES string of the molecule is CCCN(NCC)N(CCO)CCO. The second-order valence-corrected chi connectivity index (χ2v) is 3.04. The number of hydrogen-bond acceptors (Lipinski definition) is 5. The molecule has 5 heteroatoms. The largest absolute Gasteiger partial charge is 0.395 e. The minimum atomic E-state index is 0.103.